The minimum atomic E-state index is -3.77. The number of sulfonamides is 1. The first-order valence-corrected chi connectivity index (χ1v) is 12.7. The van der Waals surface area contributed by atoms with Crippen LogP contribution in [-0.2, 0) is 16.6 Å². The smallest absolute Gasteiger partial charge is 0.263 e. The number of ether oxygens (including phenoxy) is 1. The summed E-state index contributed by atoms with van der Waals surface area (Å²) in [6, 6.07) is 17.1. The first kappa shape index (κ1) is 23.7. The van der Waals surface area contributed by atoms with Crippen molar-refractivity contribution >= 4 is 21.6 Å². The maximum Gasteiger partial charge on any atom is 0.263 e. The molecule has 0 aliphatic carbocycles. The van der Waals surface area contributed by atoms with Crippen LogP contribution in [0.5, 0.6) is 5.75 Å². The second kappa shape index (κ2) is 10.2. The van der Waals surface area contributed by atoms with Crippen molar-refractivity contribution in [3.63, 3.8) is 0 Å². The van der Waals surface area contributed by atoms with E-state index in [-0.39, 0.29) is 21.9 Å². The van der Waals surface area contributed by atoms with Crippen molar-refractivity contribution in [2.45, 2.75) is 31.2 Å². The van der Waals surface area contributed by atoms with Gasteiger partial charge in [0.1, 0.15) is 16.2 Å². The number of anilines is 1. The molecule has 1 fully saturated rings. The highest BCUT2D eigenvalue weighted by atomic mass is 32.2. The van der Waals surface area contributed by atoms with Gasteiger partial charge in [-0.2, -0.15) is 4.31 Å². The van der Waals surface area contributed by atoms with Crippen LogP contribution in [0.1, 0.15) is 35.7 Å². The highest BCUT2D eigenvalue weighted by Gasteiger charge is 2.30. The average molecular weight is 482 g/mol. The molecule has 4 rings (SSSR count). The molecule has 1 N–H and O–H groups in total. The molecule has 1 saturated heterocycles. The Bertz CT molecular complexity index is 1330. The fourth-order valence-corrected chi connectivity index (χ4v) is 5.62. The standard InChI is InChI=1S/C25H27N3O5S/c1-2-33-22-13-12-20(17-23(22)34(31,32)28-15-6-7-16-28)26-24(29)21-11-8-14-27(25(21)30)18-19-9-4-3-5-10-19/h3-5,8-14,17H,2,6-7,15-16,18H2,1H3,(H,26,29). The van der Waals surface area contributed by atoms with Crippen LogP contribution >= 0.6 is 0 Å². The van der Waals surface area contributed by atoms with Gasteiger partial charge >= 0.3 is 0 Å². The number of carbonyl (C=O) groups excluding carboxylic acids is 1. The molecule has 34 heavy (non-hydrogen) atoms. The number of nitrogens with one attached hydrogen (secondary N) is 1. The molecule has 2 heterocycles. The average Bonchev–Trinajstić information content (AvgIpc) is 3.38. The van der Waals surface area contributed by atoms with Crippen LogP contribution in [0.25, 0.3) is 0 Å². The third kappa shape index (κ3) is 5.05. The predicted octanol–water partition coefficient (Wildman–Crippen LogP) is 3.33. The number of aromatic nitrogens is 1. The van der Waals surface area contributed by atoms with Gasteiger partial charge in [0.25, 0.3) is 11.5 Å². The fourth-order valence-electron chi connectivity index (χ4n) is 3.94. The predicted molar refractivity (Wildman–Crippen MR) is 130 cm³/mol. The summed E-state index contributed by atoms with van der Waals surface area (Å²) >= 11 is 0. The van der Waals surface area contributed by atoms with Crippen molar-refractivity contribution in [3.8, 4) is 5.75 Å². The lowest BCUT2D eigenvalue weighted by atomic mass is 10.2. The molecule has 1 aromatic heterocycles. The van der Waals surface area contributed by atoms with E-state index in [4.69, 9.17) is 4.74 Å². The summed E-state index contributed by atoms with van der Waals surface area (Å²) in [4.78, 5) is 25.9. The molecular formula is C25H27N3O5S. The number of benzene rings is 2. The van der Waals surface area contributed by atoms with Gasteiger partial charge < -0.3 is 14.6 Å². The van der Waals surface area contributed by atoms with Crippen LogP contribution in [0.4, 0.5) is 5.69 Å². The van der Waals surface area contributed by atoms with Gasteiger partial charge in [-0.15, -0.1) is 0 Å². The molecule has 1 aliphatic heterocycles. The molecule has 1 amide bonds. The molecule has 0 radical (unpaired) electrons. The Hall–Kier alpha value is -3.43. The summed E-state index contributed by atoms with van der Waals surface area (Å²) in [5.41, 5.74) is 0.741. The second-order valence-corrected chi connectivity index (χ2v) is 9.91. The first-order valence-electron chi connectivity index (χ1n) is 11.2. The second-order valence-electron chi connectivity index (χ2n) is 8.00. The van der Waals surface area contributed by atoms with Gasteiger partial charge in [0.15, 0.2) is 0 Å². The number of amides is 1. The number of hydrogen-bond donors (Lipinski definition) is 1. The van der Waals surface area contributed by atoms with E-state index < -0.39 is 21.5 Å². The Morgan fingerprint density at radius 1 is 1.03 bits per heavy atom. The van der Waals surface area contributed by atoms with E-state index in [1.165, 1.54) is 27.1 Å². The van der Waals surface area contributed by atoms with Crippen molar-refractivity contribution in [3.05, 3.63) is 88.3 Å². The van der Waals surface area contributed by atoms with E-state index in [2.05, 4.69) is 5.32 Å². The third-order valence-corrected chi connectivity index (χ3v) is 7.56. The van der Waals surface area contributed by atoms with Gasteiger partial charge in [-0.3, -0.25) is 9.59 Å². The van der Waals surface area contributed by atoms with Gasteiger partial charge in [-0.05, 0) is 55.7 Å². The maximum atomic E-state index is 13.2. The van der Waals surface area contributed by atoms with Crippen LogP contribution < -0.4 is 15.6 Å². The Balaban J connectivity index is 1.61. The lowest BCUT2D eigenvalue weighted by Crippen LogP contribution is -2.29. The molecule has 0 spiro atoms. The molecule has 3 aromatic rings. The summed E-state index contributed by atoms with van der Waals surface area (Å²) in [5, 5.41) is 2.67. The summed E-state index contributed by atoms with van der Waals surface area (Å²) < 4.78 is 34.8. The summed E-state index contributed by atoms with van der Waals surface area (Å²) in [7, 11) is -3.77. The van der Waals surface area contributed by atoms with E-state index in [1.807, 2.05) is 30.3 Å². The Morgan fingerprint density at radius 3 is 2.47 bits per heavy atom. The normalized spacial score (nSPS) is 14.1. The van der Waals surface area contributed by atoms with Gasteiger partial charge in [0.05, 0.1) is 13.2 Å². The lowest BCUT2D eigenvalue weighted by Gasteiger charge is -2.19. The molecule has 178 valence electrons. The lowest BCUT2D eigenvalue weighted by molar-refractivity contribution is 0.102. The molecule has 0 unspecified atom stereocenters. The van der Waals surface area contributed by atoms with Crippen LogP contribution in [0.2, 0.25) is 0 Å². The van der Waals surface area contributed by atoms with Gasteiger partial charge in [0.2, 0.25) is 10.0 Å². The monoisotopic (exact) mass is 481 g/mol. The number of rotatable bonds is 8. The Kier molecular flexibility index (Phi) is 7.14. The minimum absolute atomic E-state index is 0.00333. The number of hydrogen-bond acceptors (Lipinski definition) is 5. The highest BCUT2D eigenvalue weighted by molar-refractivity contribution is 7.89. The molecule has 8 nitrogen and oxygen atoms in total. The van der Waals surface area contributed by atoms with E-state index in [9.17, 15) is 18.0 Å². The molecule has 9 heteroatoms. The number of nitrogens with zero attached hydrogens (tertiary/aromatic N) is 2. The van der Waals surface area contributed by atoms with Crippen LogP contribution in [0.15, 0.2) is 76.6 Å². The maximum absolute atomic E-state index is 13.2. The molecular weight excluding hydrogens is 454 g/mol. The van der Waals surface area contributed by atoms with Crippen molar-refractivity contribution in [1.82, 2.24) is 8.87 Å². The van der Waals surface area contributed by atoms with Crippen molar-refractivity contribution in [2.75, 3.05) is 25.0 Å². The van der Waals surface area contributed by atoms with Crippen LogP contribution in [0, 0.1) is 0 Å². The zero-order valence-electron chi connectivity index (χ0n) is 18.9. The van der Waals surface area contributed by atoms with Crippen molar-refractivity contribution in [1.29, 1.82) is 0 Å². The molecule has 0 saturated carbocycles. The van der Waals surface area contributed by atoms with Gasteiger partial charge in [-0.25, -0.2) is 8.42 Å². The fraction of sp³-hybridized carbons (Fsp3) is 0.280. The van der Waals surface area contributed by atoms with Crippen LogP contribution in [0.3, 0.4) is 0 Å². The SMILES string of the molecule is CCOc1ccc(NC(=O)c2cccn(Cc3ccccc3)c2=O)cc1S(=O)(=O)N1CCCC1. The minimum Gasteiger partial charge on any atom is -0.492 e. The zero-order chi connectivity index (χ0) is 24.1. The Labute approximate surface area is 198 Å². The third-order valence-electron chi connectivity index (χ3n) is 5.64. The topological polar surface area (TPSA) is 97.7 Å². The number of carbonyl (C=O) groups is 1. The summed E-state index contributed by atoms with van der Waals surface area (Å²) in [6.07, 6.45) is 3.25. The first-order chi connectivity index (χ1) is 16.4. The van der Waals surface area contributed by atoms with E-state index >= 15 is 0 Å². The van der Waals surface area contributed by atoms with Crippen molar-refractivity contribution < 1.29 is 17.9 Å². The summed E-state index contributed by atoms with van der Waals surface area (Å²) in [6.45, 7) is 3.32. The van der Waals surface area contributed by atoms with Gasteiger partial charge in [0, 0.05) is 25.0 Å². The Morgan fingerprint density at radius 2 is 1.76 bits per heavy atom. The highest BCUT2D eigenvalue weighted by Crippen LogP contribution is 2.31. The molecule has 0 atom stereocenters. The van der Waals surface area contributed by atoms with E-state index in [0.29, 0.717) is 26.2 Å². The quantitative estimate of drug-likeness (QED) is 0.532. The van der Waals surface area contributed by atoms with E-state index in [0.717, 1.165) is 18.4 Å². The molecule has 1 aliphatic rings. The summed E-state index contributed by atoms with van der Waals surface area (Å²) in [5.74, 6) is -0.376. The van der Waals surface area contributed by atoms with E-state index in [1.54, 1.807) is 25.3 Å². The largest absolute Gasteiger partial charge is 0.492 e. The van der Waals surface area contributed by atoms with Crippen molar-refractivity contribution in [2.24, 2.45) is 0 Å². The molecule has 0 bridgehead atoms. The number of pyridine rings is 1. The van der Waals surface area contributed by atoms with Gasteiger partial charge in [-0.1, -0.05) is 30.3 Å². The van der Waals surface area contributed by atoms with Crippen LogP contribution in [-0.4, -0.2) is 42.9 Å². The zero-order valence-corrected chi connectivity index (χ0v) is 19.8. The molecule has 2 aromatic carbocycles.